The van der Waals surface area contributed by atoms with Gasteiger partial charge in [0.15, 0.2) is 11.5 Å². The van der Waals surface area contributed by atoms with Crippen LogP contribution in [0, 0.1) is 3.57 Å². The Morgan fingerprint density at radius 1 is 1.32 bits per heavy atom. The highest BCUT2D eigenvalue weighted by Gasteiger charge is 2.12. The number of nitrogens with two attached hydrogens (primary N) is 1. The number of anilines is 1. The van der Waals surface area contributed by atoms with Gasteiger partial charge in [0, 0.05) is 4.47 Å². The van der Waals surface area contributed by atoms with E-state index in [-0.39, 0.29) is 0 Å². The van der Waals surface area contributed by atoms with E-state index < -0.39 is 0 Å². The van der Waals surface area contributed by atoms with Crippen LogP contribution in [0.4, 0.5) is 5.82 Å². The summed E-state index contributed by atoms with van der Waals surface area (Å²) in [5.41, 5.74) is 6.97. The number of nitrogens with zero attached hydrogens (tertiary/aromatic N) is 2. The van der Waals surface area contributed by atoms with Crippen molar-refractivity contribution in [2.45, 2.75) is 6.54 Å². The van der Waals surface area contributed by atoms with Gasteiger partial charge in [-0.2, -0.15) is 5.10 Å². The van der Waals surface area contributed by atoms with Gasteiger partial charge in [-0.05, 0) is 40.3 Å². The van der Waals surface area contributed by atoms with Gasteiger partial charge in [-0.1, -0.05) is 15.9 Å². The van der Waals surface area contributed by atoms with Crippen LogP contribution in [0.1, 0.15) is 5.56 Å². The Labute approximate surface area is 133 Å². The average Bonchev–Trinajstić information content (AvgIpc) is 2.72. The summed E-state index contributed by atoms with van der Waals surface area (Å²) < 4.78 is 14.2. The molecule has 0 unspecified atom stereocenters. The number of nitrogen functional groups attached to an aromatic ring is 1. The molecule has 1 heterocycles. The van der Waals surface area contributed by atoms with Crippen molar-refractivity contribution in [3.05, 3.63) is 31.9 Å². The maximum absolute atomic E-state index is 5.95. The molecule has 0 amide bonds. The van der Waals surface area contributed by atoms with Crippen LogP contribution >= 0.6 is 38.5 Å². The minimum absolute atomic E-state index is 0.565. The van der Waals surface area contributed by atoms with Crippen molar-refractivity contribution in [3.63, 3.8) is 0 Å². The summed E-state index contributed by atoms with van der Waals surface area (Å²) in [4.78, 5) is 0. The first-order valence-electron chi connectivity index (χ1n) is 5.44. The SMILES string of the molecule is COc1cc(Br)c(Cn2ncc(I)c2N)cc1OC. The zero-order valence-electron chi connectivity index (χ0n) is 10.5. The molecule has 0 saturated heterocycles. The van der Waals surface area contributed by atoms with Crippen molar-refractivity contribution in [3.8, 4) is 11.5 Å². The number of hydrogen-bond donors (Lipinski definition) is 1. The van der Waals surface area contributed by atoms with E-state index in [0.717, 1.165) is 13.6 Å². The van der Waals surface area contributed by atoms with E-state index in [9.17, 15) is 0 Å². The molecule has 0 fully saturated rings. The largest absolute Gasteiger partial charge is 0.493 e. The fourth-order valence-corrected chi connectivity index (χ4v) is 2.53. The molecule has 2 N–H and O–H groups in total. The molecular formula is C12H13BrIN3O2. The van der Waals surface area contributed by atoms with Crippen LogP contribution in [0.15, 0.2) is 22.8 Å². The third kappa shape index (κ3) is 2.97. The molecule has 102 valence electrons. The quantitative estimate of drug-likeness (QED) is 0.747. The first kappa shape index (κ1) is 14.4. The number of rotatable bonds is 4. The van der Waals surface area contributed by atoms with Crippen LogP contribution in [-0.2, 0) is 6.54 Å². The lowest BCUT2D eigenvalue weighted by molar-refractivity contribution is 0.354. The minimum Gasteiger partial charge on any atom is -0.493 e. The van der Waals surface area contributed by atoms with Crippen molar-refractivity contribution in [1.82, 2.24) is 9.78 Å². The van der Waals surface area contributed by atoms with Crippen LogP contribution in [-0.4, -0.2) is 24.0 Å². The summed E-state index contributed by atoms with van der Waals surface area (Å²) in [6, 6.07) is 3.79. The van der Waals surface area contributed by atoms with E-state index in [1.54, 1.807) is 25.1 Å². The topological polar surface area (TPSA) is 62.3 Å². The number of benzene rings is 1. The predicted octanol–water partition coefficient (Wildman–Crippen LogP) is 2.90. The Balaban J connectivity index is 2.37. The Hall–Kier alpha value is -0.960. The molecule has 1 aromatic carbocycles. The molecule has 0 atom stereocenters. The van der Waals surface area contributed by atoms with Gasteiger partial charge < -0.3 is 15.2 Å². The van der Waals surface area contributed by atoms with Gasteiger partial charge >= 0.3 is 0 Å². The molecular weight excluding hydrogens is 425 g/mol. The van der Waals surface area contributed by atoms with Gasteiger partial charge in [-0.15, -0.1) is 0 Å². The summed E-state index contributed by atoms with van der Waals surface area (Å²) in [5, 5.41) is 4.24. The second-order valence-corrected chi connectivity index (χ2v) is 5.85. The van der Waals surface area contributed by atoms with Gasteiger partial charge in [-0.3, -0.25) is 0 Å². The molecule has 2 rings (SSSR count). The van der Waals surface area contributed by atoms with Crippen LogP contribution in [0.3, 0.4) is 0 Å². The zero-order chi connectivity index (χ0) is 14.0. The molecule has 0 radical (unpaired) electrons. The highest BCUT2D eigenvalue weighted by atomic mass is 127. The molecule has 0 aliphatic carbocycles. The van der Waals surface area contributed by atoms with Gasteiger partial charge in [0.1, 0.15) is 5.82 Å². The first-order valence-corrected chi connectivity index (χ1v) is 7.31. The lowest BCUT2D eigenvalue weighted by Crippen LogP contribution is -2.07. The average molecular weight is 438 g/mol. The molecule has 2 aromatic rings. The highest BCUT2D eigenvalue weighted by molar-refractivity contribution is 14.1. The Morgan fingerprint density at radius 2 is 1.95 bits per heavy atom. The second kappa shape index (κ2) is 6.00. The van der Waals surface area contributed by atoms with Crippen LogP contribution in [0.25, 0.3) is 0 Å². The number of ether oxygens (including phenoxy) is 2. The van der Waals surface area contributed by atoms with Gasteiger partial charge in [0.05, 0.1) is 30.5 Å². The van der Waals surface area contributed by atoms with Crippen molar-refractivity contribution < 1.29 is 9.47 Å². The fraction of sp³-hybridized carbons (Fsp3) is 0.250. The molecule has 1 aromatic heterocycles. The van der Waals surface area contributed by atoms with E-state index in [1.807, 2.05) is 12.1 Å². The highest BCUT2D eigenvalue weighted by Crippen LogP contribution is 2.33. The summed E-state index contributed by atoms with van der Waals surface area (Å²) in [7, 11) is 3.22. The molecule has 0 saturated carbocycles. The normalized spacial score (nSPS) is 10.5. The molecule has 0 aliphatic heterocycles. The Kier molecular flexibility index (Phi) is 4.56. The predicted molar refractivity (Wildman–Crippen MR) is 85.7 cm³/mol. The lowest BCUT2D eigenvalue weighted by atomic mass is 10.2. The summed E-state index contributed by atoms with van der Waals surface area (Å²) in [6.07, 6.45) is 1.74. The van der Waals surface area contributed by atoms with Crippen molar-refractivity contribution in [1.29, 1.82) is 0 Å². The Bertz CT molecular complexity index is 601. The number of hydrogen-bond acceptors (Lipinski definition) is 4. The first-order chi connectivity index (χ1) is 9.06. The maximum Gasteiger partial charge on any atom is 0.161 e. The van der Waals surface area contributed by atoms with Crippen molar-refractivity contribution in [2.24, 2.45) is 0 Å². The molecule has 0 spiro atoms. The molecule has 0 aliphatic rings. The number of methoxy groups -OCH3 is 2. The van der Waals surface area contributed by atoms with E-state index in [4.69, 9.17) is 15.2 Å². The second-order valence-electron chi connectivity index (χ2n) is 3.83. The monoisotopic (exact) mass is 437 g/mol. The van der Waals surface area contributed by atoms with Crippen LogP contribution in [0.2, 0.25) is 0 Å². The Morgan fingerprint density at radius 3 is 2.47 bits per heavy atom. The lowest BCUT2D eigenvalue weighted by Gasteiger charge is -2.12. The molecule has 0 bridgehead atoms. The minimum atomic E-state index is 0.565. The van der Waals surface area contributed by atoms with E-state index in [1.165, 1.54) is 0 Å². The van der Waals surface area contributed by atoms with Gasteiger partial charge in [0.25, 0.3) is 0 Å². The third-order valence-corrected chi connectivity index (χ3v) is 4.28. The molecule has 7 heteroatoms. The standard InChI is InChI=1S/C12H13BrIN3O2/c1-18-10-3-7(8(13)4-11(10)19-2)6-17-12(15)9(14)5-16-17/h3-5H,6,15H2,1-2H3. The summed E-state index contributed by atoms with van der Waals surface area (Å²) >= 11 is 5.68. The fourth-order valence-electron chi connectivity index (χ4n) is 1.68. The van der Waals surface area contributed by atoms with Crippen molar-refractivity contribution >= 4 is 44.3 Å². The smallest absolute Gasteiger partial charge is 0.161 e. The van der Waals surface area contributed by atoms with Crippen molar-refractivity contribution in [2.75, 3.05) is 20.0 Å². The van der Waals surface area contributed by atoms with Gasteiger partial charge in [-0.25, -0.2) is 4.68 Å². The maximum atomic E-state index is 5.95. The summed E-state index contributed by atoms with van der Waals surface area (Å²) in [5.74, 6) is 2.02. The molecule has 5 nitrogen and oxygen atoms in total. The molecule has 19 heavy (non-hydrogen) atoms. The van der Waals surface area contributed by atoms with E-state index in [2.05, 4.69) is 43.6 Å². The van der Waals surface area contributed by atoms with Crippen LogP contribution in [0.5, 0.6) is 11.5 Å². The number of aromatic nitrogens is 2. The van der Waals surface area contributed by atoms with Gasteiger partial charge in [0.2, 0.25) is 0 Å². The van der Waals surface area contributed by atoms with E-state index in [0.29, 0.717) is 23.9 Å². The van der Waals surface area contributed by atoms with E-state index >= 15 is 0 Å². The zero-order valence-corrected chi connectivity index (χ0v) is 14.2. The number of halogens is 2. The third-order valence-electron chi connectivity index (χ3n) is 2.71. The van der Waals surface area contributed by atoms with Crippen LogP contribution < -0.4 is 15.2 Å². The summed E-state index contributed by atoms with van der Waals surface area (Å²) in [6.45, 7) is 0.565.